The van der Waals surface area contributed by atoms with Crippen molar-refractivity contribution in [2.24, 2.45) is 11.5 Å². The molecule has 8 N–H and O–H groups in total. The van der Waals surface area contributed by atoms with Crippen LogP contribution in [0.3, 0.4) is 0 Å². The van der Waals surface area contributed by atoms with Gasteiger partial charge in [-0.2, -0.15) is 0 Å². The molecule has 0 aliphatic carbocycles. The molecule has 125 heavy (non-hydrogen) atoms. The first-order chi connectivity index (χ1) is 60.1. The molecule has 4 aromatic carbocycles. The summed E-state index contributed by atoms with van der Waals surface area (Å²) in [7, 11) is 0. The maximum absolute atomic E-state index is 13.5. The molecule has 12 heterocycles. The van der Waals surface area contributed by atoms with Crippen molar-refractivity contribution >= 4 is 118 Å². The first kappa shape index (κ1) is 90.1. The van der Waals surface area contributed by atoms with E-state index in [9.17, 15) is 49.2 Å². The van der Waals surface area contributed by atoms with Crippen LogP contribution >= 0.6 is 15.9 Å². The molecular formula is C96H101BrN18O10. The molecule has 4 aliphatic rings. The molecule has 4 fully saturated rings. The highest BCUT2D eigenvalue weighted by Gasteiger charge is 2.35. The second-order valence-corrected chi connectivity index (χ2v) is 33.6. The Labute approximate surface area is 733 Å². The number of pyridine rings is 4. The molecule has 4 saturated heterocycles. The van der Waals surface area contributed by atoms with Crippen molar-refractivity contribution in [3.8, 4) is 22.7 Å². The zero-order valence-electron chi connectivity index (χ0n) is 70.9. The molecule has 0 saturated carbocycles. The topological polar surface area (TPSA) is 337 Å². The van der Waals surface area contributed by atoms with Crippen molar-refractivity contribution in [1.82, 2.24) is 57.8 Å². The van der Waals surface area contributed by atoms with Crippen LogP contribution in [-0.2, 0) is 22.4 Å². The minimum absolute atomic E-state index is 0.0514. The predicted molar refractivity (Wildman–Crippen MR) is 484 cm³/mol. The number of primary amides is 2. The Hall–Kier alpha value is -12.6. The number of halogens is 1. The summed E-state index contributed by atoms with van der Waals surface area (Å²) < 4.78 is 8.86. The molecule has 16 rings (SSSR count). The number of Topliss-reactive ketones (excluding diaryl/α,β-unsaturated/α-hetero) is 4. The number of rotatable bonds is 22. The lowest BCUT2D eigenvalue weighted by molar-refractivity contribution is -0.118. The summed E-state index contributed by atoms with van der Waals surface area (Å²) in [5.41, 5.74) is 29.3. The second-order valence-electron chi connectivity index (χ2n) is 32.7. The molecule has 642 valence electrons. The lowest BCUT2D eigenvalue weighted by Crippen LogP contribution is -2.48. The minimum Gasteiger partial charge on any atom is -0.392 e. The third kappa shape index (κ3) is 20.6. The highest BCUT2D eigenvalue weighted by atomic mass is 79.9. The van der Waals surface area contributed by atoms with Gasteiger partial charge in [0.1, 0.15) is 0 Å². The average molecular weight is 1750 g/mol. The van der Waals surface area contributed by atoms with Gasteiger partial charge in [0.25, 0.3) is 0 Å². The number of hydrogen-bond acceptors (Lipinski definition) is 18. The highest BCUT2D eigenvalue weighted by Crippen LogP contribution is 2.37. The Kier molecular flexibility index (Phi) is 29.1. The number of amides is 2. The number of carbonyl (C=O) groups is 6. The van der Waals surface area contributed by atoms with Gasteiger partial charge in [-0.3, -0.25) is 68.3 Å². The molecule has 0 radical (unpaired) electrons. The number of fused-ring (bicyclic) bond motifs is 4. The first-order valence-electron chi connectivity index (χ1n) is 42.0. The largest absolute Gasteiger partial charge is 0.392 e. The number of likely N-dealkylation sites (tertiary alicyclic amines) is 4. The molecule has 28 nitrogen and oxygen atoms in total. The predicted octanol–water partition coefficient (Wildman–Crippen LogP) is 14.5. The fourth-order valence-electron chi connectivity index (χ4n) is 17.7. The number of hydrogen-bond donors (Lipinski definition) is 6. The number of aliphatic hydroxyl groups is 4. The number of nitrogens with two attached hydrogens (primary N) is 2. The lowest BCUT2D eigenvalue weighted by atomic mass is 9.96. The number of nitrogens with zero attached hydrogens (tertiary/aromatic N) is 16. The standard InChI is InChI=1S/2C25H27N5O4.C24H25BrN4O.C22H22N4O/c1-15-24(22(33)14-29-12-19(31)10-20(32)13-29)25-21(9-16(11-28-25)3-8-23(26)34)30(15)18-6-4-17(27-2)5-7-18;1-15-24(22(33)14-29-10-9-20(31)21(32)13-29)25-19(11-16(12-28-25)3-8-23(26)34)30(15)18-6-4-17(27-2)5-7-18;1-15-6-5-7-16(2)28(15)14-22(30)23-17(3)29(20-10-8-19(26-4)9-11-20)21-12-18(25)13-27-24(21)23;1-16-21(20(27)15-25-13-4-3-5-14-25)22-19(7-6-12-24-22)26(16)18-10-8-17(23-2)9-11-18/h4-7,9,11,19-20,31-32H,3,8,10,12-14H2,1H3,(H2,26,34);4-7,11-12,20-21,31-32H,3,8-10,13-14H2,1H3,(H2,26,34);8-13,15-16H,5-7,14H2,1-3H3;6-12H,3-5,13-15H2,1H3/t;;15-,16-;/m..1./s1. The van der Waals surface area contributed by atoms with Crippen LogP contribution in [0.25, 0.3) is 86.3 Å². The van der Waals surface area contributed by atoms with Crippen LogP contribution < -0.4 is 11.5 Å². The summed E-state index contributed by atoms with van der Waals surface area (Å²) in [4.78, 5) is 116. The number of piperidine rings is 4. The van der Waals surface area contributed by atoms with Crippen molar-refractivity contribution in [1.29, 1.82) is 0 Å². The number of benzene rings is 4. The van der Waals surface area contributed by atoms with E-state index in [0.29, 0.717) is 138 Å². The van der Waals surface area contributed by atoms with Crippen LogP contribution in [-0.4, -0.2) is 215 Å². The van der Waals surface area contributed by atoms with Gasteiger partial charge in [-0.25, -0.2) is 19.4 Å². The normalized spacial score (nSPS) is 18.1. The van der Waals surface area contributed by atoms with E-state index in [1.807, 2.05) is 121 Å². The van der Waals surface area contributed by atoms with E-state index >= 15 is 0 Å². The van der Waals surface area contributed by atoms with Crippen LogP contribution in [0.4, 0.5) is 22.7 Å². The average Bonchev–Trinajstić information content (AvgIpc) is 1.63. The fourth-order valence-corrected chi connectivity index (χ4v) is 18.0. The Morgan fingerprint density at radius 2 is 0.792 bits per heavy atom. The van der Waals surface area contributed by atoms with E-state index in [1.54, 1.807) is 78.2 Å². The van der Waals surface area contributed by atoms with Crippen molar-refractivity contribution in [2.45, 2.75) is 155 Å². The molecule has 29 heteroatoms. The first-order valence-corrected chi connectivity index (χ1v) is 42.8. The van der Waals surface area contributed by atoms with Crippen molar-refractivity contribution in [2.75, 3.05) is 65.4 Å². The van der Waals surface area contributed by atoms with Gasteiger partial charge >= 0.3 is 0 Å². The van der Waals surface area contributed by atoms with E-state index in [4.69, 9.17) is 37.8 Å². The molecule has 12 aromatic rings. The minimum atomic E-state index is -0.879. The fraction of sp³-hybridized carbons (Fsp3) is 0.354. The Morgan fingerprint density at radius 1 is 0.424 bits per heavy atom. The van der Waals surface area contributed by atoms with Crippen LogP contribution in [0.2, 0.25) is 0 Å². The van der Waals surface area contributed by atoms with Crippen molar-refractivity contribution < 1.29 is 49.2 Å². The maximum atomic E-state index is 13.5. The molecular weight excluding hydrogens is 1650 g/mol. The second kappa shape index (κ2) is 40.4. The molecule has 8 aromatic heterocycles. The van der Waals surface area contributed by atoms with Crippen molar-refractivity contribution in [3.05, 3.63) is 258 Å². The SMILES string of the molecule is [C-]#[N+]c1ccc(-n2c(C)c(C(=O)CN3CC(O)CC(O)C3)c3ncc(CCC(N)=O)cc32)cc1.[C-]#[N+]c1ccc(-n2c(C)c(C(=O)CN3CCC(O)C(O)C3)c3ncc(CCC(N)=O)cc32)cc1.[C-]#[N+]c1ccc(-n2c(C)c(C(=O)CN3CCCCC3)c3ncccc32)cc1.[C-]#[N+]c1ccc(-n2c(C)c(C(=O)CN3[C@H](C)CCC[C@H]3C)c3ncc(Br)cc32)cc1. The number of aromatic nitrogens is 8. The number of ketones is 4. The summed E-state index contributed by atoms with van der Waals surface area (Å²) in [6.45, 7) is 45.2. The highest BCUT2D eigenvalue weighted by molar-refractivity contribution is 9.10. The Balaban J connectivity index is 0.000000144. The molecule has 2 amide bonds. The van der Waals surface area contributed by atoms with Crippen molar-refractivity contribution in [3.63, 3.8) is 0 Å². The summed E-state index contributed by atoms with van der Waals surface area (Å²) in [5, 5.41) is 39.8. The molecule has 4 aliphatic heterocycles. The van der Waals surface area contributed by atoms with E-state index in [2.05, 4.69) is 88.0 Å². The van der Waals surface area contributed by atoms with E-state index < -0.39 is 36.2 Å². The number of β-amino-alcohol motifs (C(OH)–C–C–N with tert-alkyl or cyclic N) is 3. The van der Waals surface area contributed by atoms with E-state index in [-0.39, 0.29) is 55.6 Å². The zero-order chi connectivity index (χ0) is 89.0. The molecule has 4 unspecified atom stereocenters. The van der Waals surface area contributed by atoms with Gasteiger partial charge in [0, 0.05) is 132 Å². The Morgan fingerprint density at radius 3 is 1.19 bits per heavy atom. The maximum Gasteiger partial charge on any atom is 0.217 e. The molecule has 6 atom stereocenters. The molecule has 0 bridgehead atoms. The third-order valence-electron chi connectivity index (χ3n) is 23.9. The van der Waals surface area contributed by atoms with Crippen LogP contribution in [0.5, 0.6) is 0 Å². The van der Waals surface area contributed by atoms with Gasteiger partial charge in [-0.05, 0) is 205 Å². The summed E-state index contributed by atoms with van der Waals surface area (Å²) in [5.74, 6) is -0.828. The third-order valence-corrected chi connectivity index (χ3v) is 24.4. The van der Waals surface area contributed by atoms with Gasteiger partial charge in [0.2, 0.25) is 11.8 Å². The van der Waals surface area contributed by atoms with E-state index in [1.165, 1.54) is 25.7 Å². The zero-order valence-corrected chi connectivity index (χ0v) is 72.5. The number of aliphatic hydroxyl groups excluding tert-OH is 4. The smallest absolute Gasteiger partial charge is 0.217 e. The van der Waals surface area contributed by atoms with Gasteiger partial charge in [0.05, 0.1) is 143 Å². The Bertz CT molecular complexity index is 6200. The summed E-state index contributed by atoms with van der Waals surface area (Å²) in [6.07, 6.45) is 12.9. The number of aryl methyl sites for hydroxylation is 2. The summed E-state index contributed by atoms with van der Waals surface area (Å²) >= 11 is 3.52. The lowest BCUT2D eigenvalue weighted by Gasteiger charge is -2.38. The molecule has 0 spiro atoms. The van der Waals surface area contributed by atoms with Gasteiger partial charge in [-0.15, -0.1) is 0 Å². The monoisotopic (exact) mass is 1740 g/mol. The van der Waals surface area contributed by atoms with Crippen LogP contribution in [0.1, 0.15) is 153 Å². The summed E-state index contributed by atoms with van der Waals surface area (Å²) in [6, 6.07) is 39.6. The van der Waals surface area contributed by atoms with Gasteiger partial charge in [0.15, 0.2) is 45.9 Å². The number of carbonyl (C=O) groups excluding carboxylic acids is 6. The quantitative estimate of drug-likeness (QED) is 0.0271. The van der Waals surface area contributed by atoms with Gasteiger partial charge in [-0.1, -0.05) is 61.4 Å². The van der Waals surface area contributed by atoms with E-state index in [0.717, 1.165) is 109 Å². The van der Waals surface area contributed by atoms with Crippen LogP contribution in [0.15, 0.2) is 157 Å². The van der Waals surface area contributed by atoms with Crippen LogP contribution in [0, 0.1) is 54.0 Å². The van der Waals surface area contributed by atoms with Gasteiger partial charge < -0.3 is 50.2 Å².